The van der Waals surface area contributed by atoms with Crippen molar-refractivity contribution in [1.82, 2.24) is 10.2 Å². The van der Waals surface area contributed by atoms with Gasteiger partial charge in [-0.25, -0.2) is 0 Å². The highest BCUT2D eigenvalue weighted by molar-refractivity contribution is 6.33. The van der Waals surface area contributed by atoms with E-state index in [2.05, 4.69) is 5.32 Å². The molecule has 2 rings (SSSR count). The van der Waals surface area contributed by atoms with Crippen LogP contribution in [-0.2, 0) is 9.59 Å². The number of nitro groups is 1. The number of carbonyl (C=O) groups excluding carboxylic acids is 3. The second-order valence-electron chi connectivity index (χ2n) is 4.97. The first-order chi connectivity index (χ1) is 10.9. The number of hydrogen-bond acceptors (Lipinski definition) is 5. The molecule has 1 aromatic carbocycles. The highest BCUT2D eigenvalue weighted by Crippen LogP contribution is 2.21. The van der Waals surface area contributed by atoms with Crippen LogP contribution < -0.4 is 5.32 Å². The van der Waals surface area contributed by atoms with Crippen molar-refractivity contribution in [2.24, 2.45) is 0 Å². The van der Waals surface area contributed by atoms with E-state index < -0.39 is 10.8 Å². The van der Waals surface area contributed by atoms with Crippen molar-refractivity contribution in [1.29, 1.82) is 0 Å². The SMILES string of the molecule is O=C(NCCCN1C(=O)CCC1=O)c1cc([N+](=O)[O-])ccc1Cl. The van der Waals surface area contributed by atoms with Crippen molar-refractivity contribution in [2.75, 3.05) is 13.1 Å². The van der Waals surface area contributed by atoms with Crippen molar-refractivity contribution in [3.8, 4) is 0 Å². The third-order valence-electron chi connectivity index (χ3n) is 3.40. The van der Waals surface area contributed by atoms with Gasteiger partial charge in [-0.2, -0.15) is 0 Å². The molecule has 0 atom stereocenters. The number of nitrogens with one attached hydrogen (secondary N) is 1. The van der Waals surface area contributed by atoms with E-state index in [1.165, 1.54) is 17.0 Å². The normalized spacial score (nSPS) is 14.2. The smallest absolute Gasteiger partial charge is 0.270 e. The van der Waals surface area contributed by atoms with E-state index >= 15 is 0 Å². The fourth-order valence-corrected chi connectivity index (χ4v) is 2.41. The van der Waals surface area contributed by atoms with Gasteiger partial charge in [0.25, 0.3) is 11.6 Å². The van der Waals surface area contributed by atoms with Crippen molar-refractivity contribution in [3.63, 3.8) is 0 Å². The van der Waals surface area contributed by atoms with Gasteiger partial charge in [-0.3, -0.25) is 29.4 Å². The van der Waals surface area contributed by atoms with Gasteiger partial charge in [-0.1, -0.05) is 11.6 Å². The minimum atomic E-state index is -0.613. The van der Waals surface area contributed by atoms with Gasteiger partial charge in [-0.15, -0.1) is 0 Å². The largest absolute Gasteiger partial charge is 0.352 e. The molecule has 3 amide bonds. The number of carbonyl (C=O) groups is 3. The van der Waals surface area contributed by atoms with Crippen molar-refractivity contribution in [2.45, 2.75) is 19.3 Å². The summed E-state index contributed by atoms with van der Waals surface area (Å²) < 4.78 is 0. The van der Waals surface area contributed by atoms with Gasteiger partial charge in [0.2, 0.25) is 11.8 Å². The third-order valence-corrected chi connectivity index (χ3v) is 3.73. The maximum atomic E-state index is 12.0. The van der Waals surface area contributed by atoms with E-state index in [1.807, 2.05) is 0 Å². The Morgan fingerprint density at radius 1 is 1.30 bits per heavy atom. The maximum Gasteiger partial charge on any atom is 0.270 e. The van der Waals surface area contributed by atoms with Crippen LogP contribution in [-0.4, -0.2) is 40.6 Å². The lowest BCUT2D eigenvalue weighted by Gasteiger charge is -2.13. The fraction of sp³-hybridized carbons (Fsp3) is 0.357. The summed E-state index contributed by atoms with van der Waals surface area (Å²) in [5.74, 6) is -0.955. The first-order valence-electron chi connectivity index (χ1n) is 6.95. The second kappa shape index (κ2) is 7.19. The Bertz CT molecular complexity index is 660. The minimum Gasteiger partial charge on any atom is -0.352 e. The van der Waals surface area contributed by atoms with E-state index in [1.54, 1.807) is 0 Å². The monoisotopic (exact) mass is 339 g/mol. The summed E-state index contributed by atoms with van der Waals surface area (Å²) in [5, 5.41) is 13.4. The highest BCUT2D eigenvalue weighted by atomic mass is 35.5. The van der Waals surface area contributed by atoms with Gasteiger partial charge < -0.3 is 5.32 Å². The number of amides is 3. The molecule has 8 nitrogen and oxygen atoms in total. The van der Waals surface area contributed by atoms with Crippen LogP contribution in [0.1, 0.15) is 29.6 Å². The van der Waals surface area contributed by atoms with Crippen LogP contribution in [0.3, 0.4) is 0 Å². The first kappa shape index (κ1) is 16.9. The number of hydrogen-bond donors (Lipinski definition) is 1. The van der Waals surface area contributed by atoms with Crippen molar-refractivity contribution < 1.29 is 19.3 Å². The fourth-order valence-electron chi connectivity index (χ4n) is 2.21. The van der Waals surface area contributed by atoms with Gasteiger partial charge in [-0.05, 0) is 12.5 Å². The zero-order valence-electron chi connectivity index (χ0n) is 12.1. The molecule has 122 valence electrons. The molecule has 9 heteroatoms. The molecule has 1 aliphatic rings. The van der Waals surface area contributed by atoms with Crippen LogP contribution in [0.2, 0.25) is 5.02 Å². The highest BCUT2D eigenvalue weighted by Gasteiger charge is 2.28. The maximum absolute atomic E-state index is 12.0. The average Bonchev–Trinajstić information content (AvgIpc) is 2.82. The Morgan fingerprint density at radius 3 is 2.57 bits per heavy atom. The van der Waals surface area contributed by atoms with Gasteiger partial charge in [0.1, 0.15) is 0 Å². The third kappa shape index (κ3) is 4.04. The van der Waals surface area contributed by atoms with E-state index in [0.29, 0.717) is 6.42 Å². The number of benzene rings is 1. The van der Waals surface area contributed by atoms with Crippen LogP contribution in [0.4, 0.5) is 5.69 Å². The molecule has 1 aliphatic heterocycles. The van der Waals surface area contributed by atoms with Crippen molar-refractivity contribution in [3.05, 3.63) is 38.9 Å². The van der Waals surface area contributed by atoms with E-state index in [4.69, 9.17) is 11.6 Å². The van der Waals surface area contributed by atoms with Crippen LogP contribution >= 0.6 is 11.6 Å². The number of nitrogens with zero attached hydrogens (tertiary/aromatic N) is 2. The van der Waals surface area contributed by atoms with E-state index in [9.17, 15) is 24.5 Å². The van der Waals surface area contributed by atoms with Crippen LogP contribution in [0.15, 0.2) is 18.2 Å². The summed E-state index contributed by atoms with van der Waals surface area (Å²) in [4.78, 5) is 46.1. The molecule has 0 radical (unpaired) electrons. The average molecular weight is 340 g/mol. The number of nitro benzene ring substituents is 1. The lowest BCUT2D eigenvalue weighted by Crippen LogP contribution is -2.33. The number of non-ortho nitro benzene ring substituents is 1. The molecule has 1 aromatic rings. The molecule has 0 saturated carbocycles. The lowest BCUT2D eigenvalue weighted by atomic mass is 10.2. The molecule has 0 bridgehead atoms. The Labute approximate surface area is 136 Å². The van der Waals surface area contributed by atoms with Crippen LogP contribution in [0.5, 0.6) is 0 Å². The molecule has 23 heavy (non-hydrogen) atoms. The van der Waals surface area contributed by atoms with Gasteiger partial charge in [0, 0.05) is 38.1 Å². The molecular weight excluding hydrogens is 326 g/mol. The predicted octanol–water partition coefficient (Wildman–Crippen LogP) is 1.52. The molecule has 0 unspecified atom stereocenters. The molecule has 1 fully saturated rings. The molecule has 0 spiro atoms. The summed E-state index contributed by atoms with van der Waals surface area (Å²) in [6.45, 7) is 0.454. The standard InChI is InChI=1S/C14H14ClN3O5/c15-11-3-2-9(18(22)23)8-10(11)14(21)16-6-1-7-17-12(19)4-5-13(17)20/h2-3,8H,1,4-7H2,(H,16,21). The summed E-state index contributed by atoms with van der Waals surface area (Å²) in [6.07, 6.45) is 0.860. The molecule has 1 heterocycles. The minimum absolute atomic E-state index is 0.00851. The quantitative estimate of drug-likeness (QED) is 0.365. The molecule has 0 aliphatic carbocycles. The summed E-state index contributed by atoms with van der Waals surface area (Å²) in [6, 6.07) is 3.60. The Hall–Kier alpha value is -2.48. The van der Waals surface area contributed by atoms with Crippen LogP contribution in [0, 0.1) is 10.1 Å². The number of halogens is 1. The second-order valence-corrected chi connectivity index (χ2v) is 5.38. The Balaban J connectivity index is 1.88. The Morgan fingerprint density at radius 2 is 1.96 bits per heavy atom. The van der Waals surface area contributed by atoms with Crippen molar-refractivity contribution >= 4 is 35.0 Å². The summed E-state index contributed by atoms with van der Waals surface area (Å²) in [5.41, 5.74) is -0.220. The number of imide groups is 1. The van der Waals surface area contributed by atoms with Gasteiger partial charge >= 0.3 is 0 Å². The van der Waals surface area contributed by atoms with Gasteiger partial charge in [0.05, 0.1) is 15.5 Å². The molecular formula is C14H14ClN3O5. The topological polar surface area (TPSA) is 110 Å². The summed E-state index contributed by atoms with van der Waals surface area (Å²) in [7, 11) is 0. The molecule has 0 aromatic heterocycles. The van der Waals surface area contributed by atoms with E-state index in [0.717, 1.165) is 6.07 Å². The number of likely N-dealkylation sites (tertiary alicyclic amines) is 1. The van der Waals surface area contributed by atoms with E-state index in [-0.39, 0.29) is 54.0 Å². The summed E-state index contributed by atoms with van der Waals surface area (Å²) >= 11 is 5.87. The first-order valence-corrected chi connectivity index (χ1v) is 7.33. The molecule has 1 saturated heterocycles. The van der Waals surface area contributed by atoms with Gasteiger partial charge in [0.15, 0.2) is 0 Å². The number of rotatable bonds is 6. The zero-order valence-corrected chi connectivity index (χ0v) is 12.8. The van der Waals surface area contributed by atoms with Crippen LogP contribution in [0.25, 0.3) is 0 Å². The zero-order chi connectivity index (χ0) is 17.0. The lowest BCUT2D eigenvalue weighted by molar-refractivity contribution is -0.384. The Kier molecular flexibility index (Phi) is 5.28. The predicted molar refractivity (Wildman–Crippen MR) is 81.0 cm³/mol. The molecule has 1 N–H and O–H groups in total.